The average Bonchev–Trinajstić information content (AvgIpc) is 2.62. The molecule has 0 aliphatic carbocycles. The van der Waals surface area contributed by atoms with Crippen molar-refractivity contribution in [3.05, 3.63) is 46.5 Å². The van der Waals surface area contributed by atoms with Crippen LogP contribution in [0.15, 0.2) is 29.5 Å². The number of carbonyl (C=O) groups excluding carboxylic acids is 2. The summed E-state index contributed by atoms with van der Waals surface area (Å²) in [4.78, 5) is 25.0. The van der Waals surface area contributed by atoms with Gasteiger partial charge in [0.15, 0.2) is 11.5 Å². The van der Waals surface area contributed by atoms with E-state index in [2.05, 4.69) is 0 Å². The minimum absolute atomic E-state index is 0.0663. The summed E-state index contributed by atoms with van der Waals surface area (Å²) >= 11 is 0. The zero-order valence-electron chi connectivity index (χ0n) is 10.3. The van der Waals surface area contributed by atoms with Crippen LogP contribution in [-0.2, 0) is 16.0 Å². The lowest BCUT2D eigenvalue weighted by atomic mass is 9.88. The van der Waals surface area contributed by atoms with Gasteiger partial charge in [0.2, 0.25) is 0 Å². The Kier molecular flexibility index (Phi) is 2.45. The maximum Gasteiger partial charge on any atom is 0.290 e. The maximum absolute atomic E-state index is 13.4. The van der Waals surface area contributed by atoms with Crippen molar-refractivity contribution in [2.45, 2.75) is 19.4 Å². The molecule has 1 aromatic carbocycles. The lowest BCUT2D eigenvalue weighted by molar-refractivity contribution is -0.129. The highest BCUT2D eigenvalue weighted by Gasteiger charge is 2.44. The summed E-state index contributed by atoms with van der Waals surface area (Å²) in [7, 11) is 0. The maximum atomic E-state index is 13.4. The lowest BCUT2D eigenvalue weighted by Gasteiger charge is -2.32. The molecule has 2 aliphatic rings. The van der Waals surface area contributed by atoms with Gasteiger partial charge in [0, 0.05) is 6.54 Å². The summed E-state index contributed by atoms with van der Waals surface area (Å²) in [5.41, 5.74) is 1.56. The van der Waals surface area contributed by atoms with Gasteiger partial charge in [-0.25, -0.2) is 4.39 Å². The molecule has 0 aromatic heterocycles. The molecule has 1 atom stereocenters. The van der Waals surface area contributed by atoms with Gasteiger partial charge in [0.05, 0.1) is 11.6 Å². The summed E-state index contributed by atoms with van der Waals surface area (Å²) in [6.45, 7) is 1.72. The van der Waals surface area contributed by atoms with Gasteiger partial charge in [-0.2, -0.15) is 0 Å². The molecule has 0 fully saturated rings. The van der Waals surface area contributed by atoms with Crippen LogP contribution in [0, 0.1) is 5.82 Å². The van der Waals surface area contributed by atoms with Crippen LogP contribution in [0.5, 0.6) is 0 Å². The predicted molar refractivity (Wildman–Crippen MR) is 64.9 cm³/mol. The minimum Gasteiger partial charge on any atom is -0.503 e. The molecule has 0 saturated heterocycles. The standard InChI is InChI=1S/C14H12FNO3/c1-7(17)11-12-10-6-9(15)3-2-8(10)4-5-16(12)14(19)13(11)18/h2-3,6,12,18H,4-5H2,1H3. The number of aliphatic hydroxyl groups is 1. The van der Waals surface area contributed by atoms with Crippen molar-refractivity contribution in [2.24, 2.45) is 0 Å². The number of nitrogens with zero attached hydrogens (tertiary/aromatic N) is 1. The molecular weight excluding hydrogens is 249 g/mol. The number of fused-ring (bicyclic) bond motifs is 3. The Bertz CT molecular complexity index is 636. The number of amides is 1. The number of halogens is 1. The van der Waals surface area contributed by atoms with Crippen LogP contribution in [-0.4, -0.2) is 28.2 Å². The zero-order valence-corrected chi connectivity index (χ0v) is 10.3. The number of Topliss-reactive ketones (excluding diaryl/α,β-unsaturated/α-hetero) is 1. The third-order valence-corrected chi connectivity index (χ3v) is 3.71. The largest absolute Gasteiger partial charge is 0.503 e. The van der Waals surface area contributed by atoms with Crippen molar-refractivity contribution >= 4 is 11.7 Å². The molecule has 98 valence electrons. The smallest absolute Gasteiger partial charge is 0.290 e. The van der Waals surface area contributed by atoms with Crippen molar-refractivity contribution in [3.8, 4) is 0 Å². The van der Waals surface area contributed by atoms with E-state index in [1.54, 1.807) is 6.07 Å². The van der Waals surface area contributed by atoms with E-state index >= 15 is 0 Å². The van der Waals surface area contributed by atoms with E-state index in [1.807, 2.05) is 0 Å². The summed E-state index contributed by atoms with van der Waals surface area (Å²) < 4.78 is 13.4. The number of hydrogen-bond donors (Lipinski definition) is 1. The van der Waals surface area contributed by atoms with E-state index < -0.39 is 23.5 Å². The van der Waals surface area contributed by atoms with E-state index in [4.69, 9.17) is 0 Å². The van der Waals surface area contributed by atoms with Crippen LogP contribution >= 0.6 is 0 Å². The van der Waals surface area contributed by atoms with E-state index in [-0.39, 0.29) is 11.4 Å². The molecular formula is C14H12FNO3. The highest BCUT2D eigenvalue weighted by atomic mass is 19.1. The van der Waals surface area contributed by atoms with Gasteiger partial charge in [0.25, 0.3) is 5.91 Å². The van der Waals surface area contributed by atoms with E-state index in [9.17, 15) is 19.1 Å². The van der Waals surface area contributed by atoms with Crippen LogP contribution in [0.25, 0.3) is 0 Å². The minimum atomic E-state index is -0.649. The van der Waals surface area contributed by atoms with Crippen molar-refractivity contribution in [3.63, 3.8) is 0 Å². The molecule has 0 spiro atoms. The quantitative estimate of drug-likeness (QED) is 0.836. The number of aliphatic hydroxyl groups excluding tert-OH is 1. The van der Waals surface area contributed by atoms with Gasteiger partial charge in [-0.1, -0.05) is 6.07 Å². The van der Waals surface area contributed by atoms with Crippen molar-refractivity contribution in [1.29, 1.82) is 0 Å². The molecule has 1 amide bonds. The van der Waals surface area contributed by atoms with Gasteiger partial charge in [-0.3, -0.25) is 9.59 Å². The molecule has 0 bridgehead atoms. The summed E-state index contributed by atoms with van der Waals surface area (Å²) in [5.74, 6) is -1.84. The monoisotopic (exact) mass is 261 g/mol. The molecule has 5 heteroatoms. The Hall–Kier alpha value is -2.17. The fourth-order valence-electron chi connectivity index (χ4n) is 2.86. The molecule has 19 heavy (non-hydrogen) atoms. The molecule has 0 radical (unpaired) electrons. The topological polar surface area (TPSA) is 57.6 Å². The van der Waals surface area contributed by atoms with E-state index in [0.717, 1.165) is 5.56 Å². The molecule has 2 heterocycles. The molecule has 1 unspecified atom stereocenters. The fourth-order valence-corrected chi connectivity index (χ4v) is 2.86. The second-order valence-electron chi connectivity index (χ2n) is 4.81. The third-order valence-electron chi connectivity index (χ3n) is 3.71. The summed E-state index contributed by atoms with van der Waals surface area (Å²) in [6.07, 6.45) is 0.594. The van der Waals surface area contributed by atoms with Gasteiger partial charge < -0.3 is 10.0 Å². The molecule has 1 N–H and O–H groups in total. The molecule has 2 aliphatic heterocycles. The zero-order chi connectivity index (χ0) is 13.7. The van der Waals surface area contributed by atoms with Crippen LogP contribution in [0.2, 0.25) is 0 Å². The van der Waals surface area contributed by atoms with Gasteiger partial charge in [-0.05, 0) is 36.6 Å². The lowest BCUT2D eigenvalue weighted by Crippen LogP contribution is -2.36. The first-order valence-corrected chi connectivity index (χ1v) is 6.04. The van der Waals surface area contributed by atoms with Crippen LogP contribution in [0.1, 0.15) is 24.1 Å². The third kappa shape index (κ3) is 1.58. The highest BCUT2D eigenvalue weighted by Crippen LogP contribution is 2.41. The first-order valence-electron chi connectivity index (χ1n) is 6.04. The number of hydrogen-bond acceptors (Lipinski definition) is 3. The van der Waals surface area contributed by atoms with Crippen molar-refractivity contribution < 1.29 is 19.1 Å². The fraction of sp³-hybridized carbons (Fsp3) is 0.286. The Morgan fingerprint density at radius 3 is 2.89 bits per heavy atom. The molecule has 4 nitrogen and oxygen atoms in total. The molecule has 0 saturated carbocycles. The summed E-state index contributed by atoms with van der Waals surface area (Å²) in [5, 5.41) is 9.83. The van der Waals surface area contributed by atoms with Gasteiger partial charge in [-0.15, -0.1) is 0 Å². The van der Waals surface area contributed by atoms with Crippen LogP contribution < -0.4 is 0 Å². The van der Waals surface area contributed by atoms with Crippen molar-refractivity contribution in [1.82, 2.24) is 4.90 Å². The Labute approximate surface area is 109 Å². The Morgan fingerprint density at radius 1 is 1.47 bits per heavy atom. The van der Waals surface area contributed by atoms with Gasteiger partial charge >= 0.3 is 0 Å². The Balaban J connectivity index is 2.21. The molecule has 1 aromatic rings. The van der Waals surface area contributed by atoms with Crippen LogP contribution in [0.4, 0.5) is 4.39 Å². The number of carbonyl (C=O) groups is 2. The number of benzene rings is 1. The molecule has 3 rings (SSSR count). The second-order valence-corrected chi connectivity index (χ2v) is 4.81. The Morgan fingerprint density at radius 2 is 2.21 bits per heavy atom. The van der Waals surface area contributed by atoms with Crippen molar-refractivity contribution in [2.75, 3.05) is 6.54 Å². The second kappa shape index (κ2) is 3.91. The predicted octanol–water partition coefficient (Wildman–Crippen LogP) is 1.67. The first kappa shape index (κ1) is 11.9. The van der Waals surface area contributed by atoms with E-state index in [0.29, 0.717) is 18.5 Å². The van der Waals surface area contributed by atoms with E-state index in [1.165, 1.54) is 24.0 Å². The van der Waals surface area contributed by atoms with Gasteiger partial charge in [0.1, 0.15) is 5.82 Å². The number of rotatable bonds is 1. The normalized spacial score (nSPS) is 21.5. The first-order chi connectivity index (χ1) is 9.00. The summed E-state index contributed by atoms with van der Waals surface area (Å²) in [6, 6.07) is 3.72. The van der Waals surface area contributed by atoms with Crippen LogP contribution in [0.3, 0.4) is 0 Å². The SMILES string of the molecule is CC(=O)C1=C(O)C(=O)N2CCc3ccc(F)cc3C12. The highest BCUT2D eigenvalue weighted by molar-refractivity contribution is 6.08. The average molecular weight is 261 g/mol. The number of ketones is 1.